The first-order valence-electron chi connectivity index (χ1n) is 11.8. The molecule has 0 saturated carbocycles. The Balaban J connectivity index is 0.00000280. The van der Waals surface area contributed by atoms with E-state index in [2.05, 4.69) is 15.6 Å². The molecule has 4 heterocycles. The lowest BCUT2D eigenvalue weighted by Crippen LogP contribution is -2.41. The molecule has 6 rings (SSSR count). The topological polar surface area (TPSA) is 92.8 Å². The number of rotatable bonds is 5. The zero-order valence-corrected chi connectivity index (χ0v) is 21.9. The summed E-state index contributed by atoms with van der Waals surface area (Å²) >= 11 is 1.28. The fourth-order valence-corrected chi connectivity index (χ4v) is 5.68. The third-order valence-electron chi connectivity index (χ3n) is 6.34. The van der Waals surface area contributed by atoms with Gasteiger partial charge in [-0.15, -0.1) is 11.3 Å². The normalized spacial score (nSPS) is 16.6. The molecular weight excluding hydrogens is 508 g/mol. The Kier molecular flexibility index (Phi) is 7.05. The summed E-state index contributed by atoms with van der Waals surface area (Å²) in [5.74, 6) is 1.20. The second-order valence-electron chi connectivity index (χ2n) is 8.83. The first kappa shape index (κ1) is 25.1. The number of thiophene rings is 1. The molecule has 0 bridgehead atoms. The van der Waals surface area contributed by atoms with Gasteiger partial charge in [0.2, 0.25) is 0 Å². The third-order valence-corrected chi connectivity index (χ3v) is 7.43. The number of urea groups is 1. The largest absolute Gasteiger partial charge is 0.457 e. The fraction of sp³-hybridized carbons (Fsp3) is 0.222. The van der Waals surface area contributed by atoms with Gasteiger partial charge in [0.05, 0.1) is 35.1 Å². The van der Waals surface area contributed by atoms with Gasteiger partial charge in [-0.3, -0.25) is 9.69 Å². The molecule has 2 aromatic heterocycles. The van der Waals surface area contributed by atoms with Crippen molar-refractivity contribution in [3.8, 4) is 11.5 Å². The van der Waals surface area contributed by atoms with E-state index in [1.165, 1.54) is 11.3 Å². The van der Waals surface area contributed by atoms with E-state index < -0.39 is 0 Å². The van der Waals surface area contributed by atoms with Crippen molar-refractivity contribution in [1.82, 2.24) is 10.3 Å². The summed E-state index contributed by atoms with van der Waals surface area (Å²) in [7, 11) is 0. The van der Waals surface area contributed by atoms with Gasteiger partial charge >= 0.3 is 6.03 Å². The summed E-state index contributed by atoms with van der Waals surface area (Å²) in [5, 5.41) is 6.76. The van der Waals surface area contributed by atoms with Crippen LogP contribution in [0.25, 0.3) is 10.2 Å². The summed E-state index contributed by atoms with van der Waals surface area (Å²) in [6.07, 6.45) is 3.46. The molecular formula is C27H26N4O4S2. The Labute approximate surface area is 225 Å². The smallest absolute Gasteiger partial charge is 0.331 e. The Morgan fingerprint density at radius 2 is 2.00 bits per heavy atom. The highest BCUT2D eigenvalue weighted by Gasteiger charge is 2.33. The molecule has 0 aliphatic carbocycles. The second kappa shape index (κ2) is 10.4. The number of anilines is 3. The third kappa shape index (κ3) is 4.75. The van der Waals surface area contributed by atoms with Gasteiger partial charge in [-0.25, -0.2) is 9.78 Å². The minimum Gasteiger partial charge on any atom is -0.457 e. The minimum absolute atomic E-state index is 0. The maximum Gasteiger partial charge on any atom is 0.331 e. The van der Waals surface area contributed by atoms with Gasteiger partial charge in [0.15, 0.2) is 0 Å². The Bertz CT molecular complexity index is 1470. The molecule has 2 N–H and O–H groups in total. The van der Waals surface area contributed by atoms with Gasteiger partial charge in [-0.1, -0.05) is 18.2 Å². The van der Waals surface area contributed by atoms with Crippen LogP contribution in [0.4, 0.5) is 21.9 Å². The molecule has 2 aromatic carbocycles. The minimum atomic E-state index is -0.330. The maximum atomic E-state index is 13.4. The van der Waals surface area contributed by atoms with Gasteiger partial charge in [-0.2, -0.15) is 13.5 Å². The summed E-state index contributed by atoms with van der Waals surface area (Å²) in [6, 6.07) is 16.6. The zero-order chi connectivity index (χ0) is 24.6. The number of nitrogens with zero attached hydrogens (tertiary/aromatic N) is 2. The van der Waals surface area contributed by atoms with Gasteiger partial charge < -0.3 is 20.1 Å². The predicted molar refractivity (Wildman–Crippen MR) is 150 cm³/mol. The van der Waals surface area contributed by atoms with Crippen LogP contribution in [0, 0.1) is 6.92 Å². The van der Waals surface area contributed by atoms with Crippen molar-refractivity contribution in [1.29, 1.82) is 0 Å². The molecule has 2 aliphatic rings. The second-order valence-corrected chi connectivity index (χ2v) is 9.83. The first-order chi connectivity index (χ1) is 17.6. The molecule has 1 atom stereocenters. The van der Waals surface area contributed by atoms with Crippen molar-refractivity contribution in [2.45, 2.75) is 25.8 Å². The monoisotopic (exact) mass is 534 g/mol. The van der Waals surface area contributed by atoms with E-state index in [-0.39, 0.29) is 31.5 Å². The van der Waals surface area contributed by atoms with Gasteiger partial charge in [0.1, 0.15) is 21.2 Å². The number of nitrogens with one attached hydrogen (secondary N) is 2. The van der Waals surface area contributed by atoms with Crippen LogP contribution in [0.3, 0.4) is 0 Å². The molecule has 2 aliphatic heterocycles. The Morgan fingerprint density at radius 1 is 1.16 bits per heavy atom. The average molecular weight is 535 g/mol. The van der Waals surface area contributed by atoms with Gasteiger partial charge in [0.25, 0.3) is 5.91 Å². The lowest BCUT2D eigenvalue weighted by Gasteiger charge is -2.29. The van der Waals surface area contributed by atoms with Crippen LogP contribution in [-0.2, 0) is 4.74 Å². The summed E-state index contributed by atoms with van der Waals surface area (Å²) in [5.41, 5.74) is 2.80. The number of carbonyl (C=O) groups is 2. The number of benzene rings is 2. The molecule has 37 heavy (non-hydrogen) atoms. The summed E-state index contributed by atoms with van der Waals surface area (Å²) in [6.45, 7) is 3.16. The van der Waals surface area contributed by atoms with Crippen LogP contribution >= 0.6 is 24.8 Å². The lowest BCUT2D eigenvalue weighted by molar-refractivity contribution is 0.0626. The molecule has 8 nitrogen and oxygen atoms in total. The number of hydrogen-bond donors (Lipinski definition) is 2. The molecule has 0 spiro atoms. The number of amides is 3. The number of hydrogen-bond acceptors (Lipinski definition) is 6. The Hall–Kier alpha value is -3.60. The number of pyridine rings is 1. The van der Waals surface area contributed by atoms with Crippen LogP contribution in [0.15, 0.2) is 60.8 Å². The SMILES string of the molecule is Cc1cc(Oc2ccccc2)ccc1N1C(=O)Nc2c(C(=O)N[C@H]3CCCOC3)sc3nccc1c23.S. The van der Waals surface area contributed by atoms with Crippen molar-refractivity contribution < 1.29 is 19.1 Å². The van der Waals surface area contributed by atoms with Crippen molar-refractivity contribution in [3.63, 3.8) is 0 Å². The van der Waals surface area contributed by atoms with E-state index in [0.717, 1.165) is 41.8 Å². The number of aromatic nitrogens is 1. The number of ether oxygens (including phenoxy) is 2. The highest BCUT2D eigenvalue weighted by atomic mass is 32.1. The zero-order valence-electron chi connectivity index (χ0n) is 20.1. The fourth-order valence-electron chi connectivity index (χ4n) is 4.66. The molecule has 1 saturated heterocycles. The van der Waals surface area contributed by atoms with Crippen LogP contribution in [-0.4, -0.2) is 36.2 Å². The highest BCUT2D eigenvalue weighted by Crippen LogP contribution is 2.46. The van der Waals surface area contributed by atoms with Crippen LogP contribution in [0.5, 0.6) is 11.5 Å². The van der Waals surface area contributed by atoms with Crippen LogP contribution in [0.2, 0.25) is 0 Å². The van der Waals surface area contributed by atoms with Gasteiger partial charge in [-0.05, 0) is 61.7 Å². The van der Waals surface area contributed by atoms with Crippen molar-refractivity contribution in [3.05, 3.63) is 71.2 Å². The molecule has 0 unspecified atom stereocenters. The van der Waals surface area contributed by atoms with E-state index >= 15 is 0 Å². The summed E-state index contributed by atoms with van der Waals surface area (Å²) in [4.78, 5) is 33.8. The van der Waals surface area contributed by atoms with Crippen LogP contribution < -0.4 is 20.3 Å². The highest BCUT2D eigenvalue weighted by molar-refractivity contribution is 7.59. The van der Waals surface area contributed by atoms with E-state index in [1.54, 1.807) is 11.1 Å². The maximum absolute atomic E-state index is 13.4. The number of carbonyl (C=O) groups excluding carboxylic acids is 2. The molecule has 0 radical (unpaired) electrons. The standard InChI is InChI=1S/C27H24N4O4S.H2S/c1-16-14-19(35-18-7-3-2-4-8-18)9-10-20(16)31-21-11-12-28-26-22(21)23(30-27(31)33)24(36-26)25(32)29-17-6-5-13-34-15-17;/h2-4,7-12,14,17H,5-6,13,15H2,1H3,(H,29,32)(H,30,33);1H2/t17-;/m0./s1. The van der Waals surface area contributed by atoms with Crippen molar-refractivity contribution in [2.75, 3.05) is 23.4 Å². The van der Waals surface area contributed by atoms with Gasteiger partial charge in [0, 0.05) is 12.8 Å². The van der Waals surface area contributed by atoms with Crippen molar-refractivity contribution >= 4 is 64.0 Å². The van der Waals surface area contributed by atoms with E-state index in [4.69, 9.17) is 9.47 Å². The number of aryl methyl sites for hydroxylation is 1. The van der Waals surface area contributed by atoms with Crippen molar-refractivity contribution in [2.24, 2.45) is 0 Å². The molecule has 190 valence electrons. The van der Waals surface area contributed by atoms with Crippen LogP contribution in [0.1, 0.15) is 28.1 Å². The lowest BCUT2D eigenvalue weighted by atomic mass is 10.1. The molecule has 1 fully saturated rings. The Morgan fingerprint density at radius 3 is 2.76 bits per heavy atom. The quantitative estimate of drug-likeness (QED) is 0.323. The first-order valence-corrected chi connectivity index (χ1v) is 12.6. The van der Waals surface area contributed by atoms with E-state index in [9.17, 15) is 9.59 Å². The van der Waals surface area contributed by atoms with E-state index in [0.29, 0.717) is 33.4 Å². The average Bonchev–Trinajstić information content (AvgIpc) is 3.26. The summed E-state index contributed by atoms with van der Waals surface area (Å²) < 4.78 is 11.4. The molecule has 4 aromatic rings. The van der Waals surface area contributed by atoms with E-state index in [1.807, 2.05) is 61.5 Å². The molecule has 3 amide bonds. The predicted octanol–water partition coefficient (Wildman–Crippen LogP) is 6.10. The molecule has 10 heteroatoms. The number of para-hydroxylation sites is 1.